The van der Waals surface area contributed by atoms with E-state index in [4.69, 9.17) is 4.74 Å². The quantitative estimate of drug-likeness (QED) is 0.637. The number of benzene rings is 2. The van der Waals surface area contributed by atoms with Gasteiger partial charge in [-0.25, -0.2) is 4.39 Å². The number of rotatable bonds is 6. The van der Waals surface area contributed by atoms with Gasteiger partial charge in [-0.05, 0) is 56.2 Å². The van der Waals surface area contributed by atoms with E-state index in [0.717, 1.165) is 17.2 Å². The summed E-state index contributed by atoms with van der Waals surface area (Å²) in [4.78, 5) is 36.0. The number of hydrogen-bond donors (Lipinski definition) is 1. The summed E-state index contributed by atoms with van der Waals surface area (Å²) in [5.41, 5.74) is 2.58. The van der Waals surface area contributed by atoms with E-state index >= 15 is 0 Å². The second-order valence-electron chi connectivity index (χ2n) is 5.99. The van der Waals surface area contributed by atoms with Gasteiger partial charge < -0.3 is 10.1 Å². The summed E-state index contributed by atoms with van der Waals surface area (Å²) in [5, 5.41) is 2.34. The molecule has 0 heterocycles. The molecular formula is C20H20FNO4. The van der Waals surface area contributed by atoms with Crippen LogP contribution in [0.4, 0.5) is 4.39 Å². The first kappa shape index (κ1) is 19.3. The first-order chi connectivity index (χ1) is 12.3. The predicted molar refractivity (Wildman–Crippen MR) is 94.5 cm³/mol. The third-order valence-electron chi connectivity index (χ3n) is 3.95. The molecular weight excluding hydrogens is 337 g/mol. The Balaban J connectivity index is 1.89. The summed E-state index contributed by atoms with van der Waals surface area (Å²) in [7, 11) is 0. The molecule has 0 unspecified atom stereocenters. The zero-order valence-electron chi connectivity index (χ0n) is 14.8. The maximum Gasteiger partial charge on any atom is 0.326 e. The molecule has 0 bridgehead atoms. The highest BCUT2D eigenvalue weighted by molar-refractivity contribution is 6.01. The van der Waals surface area contributed by atoms with Crippen LogP contribution in [0.5, 0.6) is 0 Å². The van der Waals surface area contributed by atoms with Crippen LogP contribution >= 0.6 is 0 Å². The van der Waals surface area contributed by atoms with E-state index in [9.17, 15) is 18.8 Å². The highest BCUT2D eigenvalue weighted by atomic mass is 19.1. The number of ether oxygens (including phenoxy) is 1. The number of Topliss-reactive ketones (excluding diaryl/α,β-unsaturated/α-hetero) is 1. The van der Waals surface area contributed by atoms with Crippen molar-refractivity contribution in [2.75, 3.05) is 6.54 Å². The first-order valence-corrected chi connectivity index (χ1v) is 8.12. The van der Waals surface area contributed by atoms with Gasteiger partial charge in [0.2, 0.25) is 5.78 Å². The molecule has 6 heteroatoms. The molecule has 5 nitrogen and oxygen atoms in total. The van der Waals surface area contributed by atoms with Gasteiger partial charge in [0.1, 0.15) is 12.4 Å². The van der Waals surface area contributed by atoms with Crippen molar-refractivity contribution in [3.8, 4) is 0 Å². The van der Waals surface area contributed by atoms with Crippen LogP contribution in [0.25, 0.3) is 0 Å². The molecule has 0 aromatic heterocycles. The zero-order chi connectivity index (χ0) is 19.3. The van der Waals surface area contributed by atoms with Crippen molar-refractivity contribution in [1.29, 1.82) is 0 Å². The van der Waals surface area contributed by atoms with Gasteiger partial charge in [0.15, 0.2) is 6.10 Å². The lowest BCUT2D eigenvalue weighted by Gasteiger charge is -2.13. The van der Waals surface area contributed by atoms with E-state index in [-0.39, 0.29) is 11.3 Å². The van der Waals surface area contributed by atoms with Crippen LogP contribution < -0.4 is 5.32 Å². The van der Waals surface area contributed by atoms with Gasteiger partial charge in [-0.2, -0.15) is 0 Å². The van der Waals surface area contributed by atoms with Gasteiger partial charge in [0, 0.05) is 11.1 Å². The number of carbonyl (C=O) groups excluding carboxylic acids is 3. The smallest absolute Gasteiger partial charge is 0.326 e. The summed E-state index contributed by atoms with van der Waals surface area (Å²) in [6.45, 7) is 4.89. The Kier molecular flexibility index (Phi) is 6.22. The van der Waals surface area contributed by atoms with E-state index in [1.807, 2.05) is 19.9 Å². The van der Waals surface area contributed by atoms with Crippen molar-refractivity contribution in [2.24, 2.45) is 0 Å². The molecule has 0 aliphatic carbocycles. The summed E-state index contributed by atoms with van der Waals surface area (Å²) < 4.78 is 18.2. The Bertz CT molecular complexity index is 847. The van der Waals surface area contributed by atoms with Gasteiger partial charge in [0.25, 0.3) is 5.91 Å². The Morgan fingerprint density at radius 3 is 2.42 bits per heavy atom. The standard InChI is InChI=1S/C20H20FNO4/c1-12-7-8-15(9-13(12)2)19(24)14(3)26-18(23)11-22-20(25)16-5-4-6-17(21)10-16/h4-10,14H,11H2,1-3H3,(H,22,25)/t14-/m1/s1. The molecule has 2 aromatic rings. The van der Waals surface area contributed by atoms with Crippen molar-refractivity contribution in [3.63, 3.8) is 0 Å². The Morgan fingerprint density at radius 1 is 1.04 bits per heavy atom. The van der Waals surface area contributed by atoms with Crippen molar-refractivity contribution in [2.45, 2.75) is 26.9 Å². The molecule has 1 atom stereocenters. The van der Waals surface area contributed by atoms with Crippen LogP contribution in [0.1, 0.15) is 38.8 Å². The molecule has 0 fully saturated rings. The second-order valence-corrected chi connectivity index (χ2v) is 5.99. The number of hydrogen-bond acceptors (Lipinski definition) is 4. The molecule has 2 aromatic carbocycles. The fraction of sp³-hybridized carbons (Fsp3) is 0.250. The lowest BCUT2D eigenvalue weighted by molar-refractivity contribution is -0.145. The van der Waals surface area contributed by atoms with Crippen molar-refractivity contribution in [3.05, 3.63) is 70.5 Å². The molecule has 26 heavy (non-hydrogen) atoms. The average Bonchev–Trinajstić information content (AvgIpc) is 2.61. The summed E-state index contributed by atoms with van der Waals surface area (Å²) in [5.74, 6) is -2.22. The minimum absolute atomic E-state index is 0.0945. The van der Waals surface area contributed by atoms with E-state index in [1.54, 1.807) is 12.1 Å². The number of carbonyl (C=O) groups is 3. The van der Waals surface area contributed by atoms with Crippen LogP contribution in [0.3, 0.4) is 0 Å². The van der Waals surface area contributed by atoms with Gasteiger partial charge in [-0.3, -0.25) is 14.4 Å². The Morgan fingerprint density at radius 2 is 1.77 bits per heavy atom. The van der Waals surface area contributed by atoms with Gasteiger partial charge in [0.05, 0.1) is 0 Å². The number of halogens is 1. The van der Waals surface area contributed by atoms with Crippen molar-refractivity contribution in [1.82, 2.24) is 5.32 Å². The van der Waals surface area contributed by atoms with Crippen LogP contribution in [-0.4, -0.2) is 30.3 Å². The molecule has 136 valence electrons. The van der Waals surface area contributed by atoms with Crippen LogP contribution in [0.2, 0.25) is 0 Å². The van der Waals surface area contributed by atoms with Crippen molar-refractivity contribution < 1.29 is 23.5 Å². The maximum atomic E-state index is 13.1. The van der Waals surface area contributed by atoms with E-state index < -0.39 is 30.3 Å². The minimum Gasteiger partial charge on any atom is -0.453 e. The normalized spacial score (nSPS) is 11.5. The Hall–Kier alpha value is -3.02. The van der Waals surface area contributed by atoms with Crippen LogP contribution in [0.15, 0.2) is 42.5 Å². The molecule has 0 saturated carbocycles. The van der Waals surface area contributed by atoms with E-state index in [1.165, 1.54) is 25.1 Å². The topological polar surface area (TPSA) is 72.5 Å². The monoisotopic (exact) mass is 357 g/mol. The maximum absolute atomic E-state index is 13.1. The SMILES string of the molecule is Cc1ccc(C(=O)[C@@H](C)OC(=O)CNC(=O)c2cccc(F)c2)cc1C. The fourth-order valence-corrected chi connectivity index (χ4v) is 2.31. The number of aryl methyl sites for hydroxylation is 2. The van der Waals surface area contributed by atoms with Crippen LogP contribution in [0, 0.1) is 19.7 Å². The lowest BCUT2D eigenvalue weighted by atomic mass is 10.0. The first-order valence-electron chi connectivity index (χ1n) is 8.12. The highest BCUT2D eigenvalue weighted by Crippen LogP contribution is 2.13. The molecule has 2 rings (SSSR count). The van der Waals surface area contributed by atoms with Crippen LogP contribution in [-0.2, 0) is 9.53 Å². The third-order valence-corrected chi connectivity index (χ3v) is 3.95. The Labute approximate surface area is 151 Å². The molecule has 0 saturated heterocycles. The number of nitrogens with one attached hydrogen (secondary N) is 1. The minimum atomic E-state index is -0.976. The number of ketones is 1. The van der Waals surface area contributed by atoms with Gasteiger partial charge in [-0.1, -0.05) is 18.2 Å². The highest BCUT2D eigenvalue weighted by Gasteiger charge is 2.20. The average molecular weight is 357 g/mol. The van der Waals surface area contributed by atoms with E-state index in [0.29, 0.717) is 5.56 Å². The summed E-state index contributed by atoms with van der Waals surface area (Å²) >= 11 is 0. The zero-order valence-corrected chi connectivity index (χ0v) is 14.8. The molecule has 0 spiro atoms. The summed E-state index contributed by atoms with van der Waals surface area (Å²) in [6.07, 6.45) is -0.976. The lowest BCUT2D eigenvalue weighted by Crippen LogP contribution is -2.34. The molecule has 0 radical (unpaired) electrons. The van der Waals surface area contributed by atoms with E-state index in [2.05, 4.69) is 5.32 Å². The van der Waals surface area contributed by atoms with Gasteiger partial charge in [-0.15, -0.1) is 0 Å². The second kappa shape index (κ2) is 8.38. The molecule has 1 N–H and O–H groups in total. The largest absolute Gasteiger partial charge is 0.453 e. The van der Waals surface area contributed by atoms with Crippen molar-refractivity contribution >= 4 is 17.7 Å². The molecule has 0 aliphatic rings. The molecule has 0 aliphatic heterocycles. The number of amides is 1. The number of esters is 1. The predicted octanol–water partition coefficient (Wildman–Crippen LogP) is 2.99. The molecule has 1 amide bonds. The summed E-state index contributed by atoms with van der Waals surface area (Å²) in [6, 6.07) is 10.4. The fourth-order valence-electron chi connectivity index (χ4n) is 2.31. The third kappa shape index (κ3) is 4.99. The van der Waals surface area contributed by atoms with Gasteiger partial charge >= 0.3 is 5.97 Å².